The molecule has 0 radical (unpaired) electrons. The van der Waals surface area contributed by atoms with Crippen molar-refractivity contribution in [3.63, 3.8) is 0 Å². The van der Waals surface area contributed by atoms with Gasteiger partial charge >= 0.3 is 5.97 Å². The molecule has 1 unspecified atom stereocenters. The highest BCUT2D eigenvalue weighted by molar-refractivity contribution is 5.97. The van der Waals surface area contributed by atoms with E-state index in [9.17, 15) is 14.4 Å². The van der Waals surface area contributed by atoms with Crippen molar-refractivity contribution in [1.29, 1.82) is 0 Å². The monoisotopic (exact) mass is 416 g/mol. The first-order chi connectivity index (χ1) is 15.0. The number of hydrazone groups is 1. The van der Waals surface area contributed by atoms with Gasteiger partial charge in [-0.3, -0.25) is 9.59 Å². The maximum Gasteiger partial charge on any atom is 0.337 e. The molecule has 0 spiro atoms. The van der Waals surface area contributed by atoms with Crippen molar-refractivity contribution in [1.82, 2.24) is 14.9 Å². The summed E-state index contributed by atoms with van der Waals surface area (Å²) in [4.78, 5) is 42.4. The third-order valence-corrected chi connectivity index (χ3v) is 5.83. The number of methoxy groups -OCH3 is 1. The summed E-state index contributed by atoms with van der Waals surface area (Å²) in [5.74, 6) is -0.751. The average Bonchev–Trinajstić information content (AvgIpc) is 3.17. The van der Waals surface area contributed by atoms with Crippen molar-refractivity contribution < 1.29 is 19.1 Å². The summed E-state index contributed by atoms with van der Waals surface area (Å²) in [7, 11) is 1.32. The number of benzene rings is 2. The van der Waals surface area contributed by atoms with Gasteiger partial charge in [0.1, 0.15) is 12.6 Å². The summed E-state index contributed by atoms with van der Waals surface area (Å²) in [5, 5.41) is 6.58. The number of para-hydroxylation sites is 1. The third kappa shape index (κ3) is 3.26. The van der Waals surface area contributed by atoms with E-state index >= 15 is 0 Å². The van der Waals surface area contributed by atoms with Gasteiger partial charge in [-0.25, -0.2) is 9.80 Å². The minimum absolute atomic E-state index is 0.0956. The maximum atomic E-state index is 13.1. The summed E-state index contributed by atoms with van der Waals surface area (Å²) >= 11 is 0. The van der Waals surface area contributed by atoms with Crippen LogP contribution in [0, 0.1) is 0 Å². The largest absolute Gasteiger partial charge is 0.465 e. The Morgan fingerprint density at radius 2 is 1.90 bits per heavy atom. The number of aromatic nitrogens is 1. The van der Waals surface area contributed by atoms with Gasteiger partial charge in [-0.15, -0.1) is 0 Å². The van der Waals surface area contributed by atoms with Crippen LogP contribution in [0.15, 0.2) is 53.6 Å². The number of piperazine rings is 1. The maximum absolute atomic E-state index is 13.1. The fraction of sp³-hybridized carbons (Fsp3) is 0.217. The van der Waals surface area contributed by atoms with E-state index in [0.717, 1.165) is 22.2 Å². The Morgan fingerprint density at radius 1 is 1.13 bits per heavy atom. The van der Waals surface area contributed by atoms with Crippen LogP contribution < -0.4 is 0 Å². The highest BCUT2D eigenvalue weighted by Crippen LogP contribution is 2.32. The Kier molecular flexibility index (Phi) is 4.54. The fourth-order valence-electron chi connectivity index (χ4n) is 4.22. The Bertz CT molecular complexity index is 1230. The lowest BCUT2D eigenvalue weighted by Gasteiger charge is -2.40. The molecular formula is C23H20N4O4. The van der Waals surface area contributed by atoms with E-state index in [2.05, 4.69) is 14.8 Å². The summed E-state index contributed by atoms with van der Waals surface area (Å²) < 4.78 is 4.68. The molecule has 0 aliphatic carbocycles. The van der Waals surface area contributed by atoms with Crippen molar-refractivity contribution >= 4 is 34.9 Å². The molecule has 2 aromatic carbocycles. The van der Waals surface area contributed by atoms with Crippen LogP contribution in [0.3, 0.4) is 0 Å². The summed E-state index contributed by atoms with van der Waals surface area (Å²) in [6.45, 7) is 0.299. The number of esters is 1. The van der Waals surface area contributed by atoms with E-state index in [-0.39, 0.29) is 18.4 Å². The van der Waals surface area contributed by atoms with Crippen LogP contribution in [-0.4, -0.2) is 58.6 Å². The number of H-pyrrole nitrogens is 1. The molecule has 5 rings (SSSR count). The molecule has 8 nitrogen and oxygen atoms in total. The number of carbonyl (C=O) groups excluding carboxylic acids is 3. The number of ether oxygens (including phenoxy) is 1. The van der Waals surface area contributed by atoms with Crippen LogP contribution in [0.2, 0.25) is 0 Å². The Hall–Kier alpha value is -3.94. The molecular weight excluding hydrogens is 396 g/mol. The molecule has 1 fully saturated rings. The van der Waals surface area contributed by atoms with Gasteiger partial charge in [0.25, 0.3) is 5.91 Å². The van der Waals surface area contributed by atoms with Crippen LogP contribution in [-0.2, 0) is 27.3 Å². The van der Waals surface area contributed by atoms with Crippen LogP contribution >= 0.6 is 0 Å². The lowest BCUT2D eigenvalue weighted by atomic mass is 9.94. The normalized spacial score (nSPS) is 18.4. The van der Waals surface area contributed by atoms with E-state index in [0.29, 0.717) is 24.1 Å². The second kappa shape index (κ2) is 7.39. The zero-order valence-electron chi connectivity index (χ0n) is 16.9. The predicted molar refractivity (Wildman–Crippen MR) is 113 cm³/mol. The lowest BCUT2D eigenvalue weighted by Crippen LogP contribution is -2.60. The zero-order chi connectivity index (χ0) is 21.5. The van der Waals surface area contributed by atoms with E-state index in [1.54, 1.807) is 29.2 Å². The van der Waals surface area contributed by atoms with Gasteiger partial charge in [0.2, 0.25) is 5.91 Å². The molecule has 8 heteroatoms. The van der Waals surface area contributed by atoms with E-state index in [1.165, 1.54) is 18.3 Å². The smallest absolute Gasteiger partial charge is 0.337 e. The van der Waals surface area contributed by atoms with Crippen molar-refractivity contribution in [2.75, 3.05) is 13.7 Å². The molecule has 2 aliphatic heterocycles. The molecule has 0 bridgehead atoms. The number of nitrogens with one attached hydrogen (secondary N) is 1. The number of hydrogen-bond donors (Lipinski definition) is 1. The van der Waals surface area contributed by atoms with Gasteiger partial charge in [0.15, 0.2) is 0 Å². The average molecular weight is 416 g/mol. The first-order valence-corrected chi connectivity index (χ1v) is 9.97. The number of rotatable bonds is 3. The number of hydrogen-bond acceptors (Lipinski definition) is 5. The highest BCUT2D eigenvalue weighted by atomic mass is 16.5. The number of carbonyl (C=O) groups is 3. The minimum atomic E-state index is -0.563. The topological polar surface area (TPSA) is 95.1 Å². The van der Waals surface area contributed by atoms with Gasteiger partial charge in [-0.05, 0) is 29.3 Å². The molecule has 31 heavy (non-hydrogen) atoms. The van der Waals surface area contributed by atoms with Crippen molar-refractivity contribution in [2.24, 2.45) is 5.10 Å². The summed E-state index contributed by atoms with van der Waals surface area (Å²) in [5.41, 5.74) is 4.22. The van der Waals surface area contributed by atoms with Crippen molar-refractivity contribution in [3.8, 4) is 0 Å². The Balaban J connectivity index is 1.38. The number of fused-ring (bicyclic) bond motifs is 4. The van der Waals surface area contributed by atoms with Gasteiger partial charge in [-0.2, -0.15) is 5.10 Å². The zero-order valence-corrected chi connectivity index (χ0v) is 16.9. The Morgan fingerprint density at radius 3 is 2.68 bits per heavy atom. The third-order valence-electron chi connectivity index (χ3n) is 5.83. The van der Waals surface area contributed by atoms with Gasteiger partial charge < -0.3 is 14.6 Å². The van der Waals surface area contributed by atoms with Crippen LogP contribution in [0.4, 0.5) is 0 Å². The quantitative estimate of drug-likeness (QED) is 0.522. The first-order valence-electron chi connectivity index (χ1n) is 9.97. The van der Waals surface area contributed by atoms with Crippen LogP contribution in [0.1, 0.15) is 27.2 Å². The summed E-state index contributed by atoms with van der Waals surface area (Å²) in [6.07, 6.45) is 1.98. The molecule has 0 saturated carbocycles. The predicted octanol–water partition coefficient (Wildman–Crippen LogP) is 2.08. The SMILES string of the molecule is COC(=O)c1ccc(C=NN2CC(=O)N3Cc4[nH]c5ccccc5c4CC3C2=O)cc1. The van der Waals surface area contributed by atoms with Crippen molar-refractivity contribution in [2.45, 2.75) is 19.0 Å². The molecule has 1 atom stereocenters. The minimum Gasteiger partial charge on any atom is -0.465 e. The molecule has 2 aliphatic rings. The van der Waals surface area contributed by atoms with Crippen molar-refractivity contribution in [3.05, 3.63) is 70.9 Å². The van der Waals surface area contributed by atoms with Crippen LogP contribution in [0.5, 0.6) is 0 Å². The number of nitrogens with zero attached hydrogens (tertiary/aromatic N) is 3. The second-order valence-electron chi connectivity index (χ2n) is 7.62. The van der Waals surface area contributed by atoms with E-state index < -0.39 is 12.0 Å². The number of aromatic amines is 1. The highest BCUT2D eigenvalue weighted by Gasteiger charge is 2.43. The first kappa shape index (κ1) is 19.0. The van der Waals surface area contributed by atoms with Gasteiger partial charge in [0.05, 0.1) is 25.4 Å². The molecule has 3 heterocycles. The molecule has 3 aromatic rings. The number of amides is 2. The Labute approximate surface area is 178 Å². The fourth-order valence-corrected chi connectivity index (χ4v) is 4.22. The lowest BCUT2D eigenvalue weighted by molar-refractivity contribution is -0.157. The second-order valence-corrected chi connectivity index (χ2v) is 7.62. The molecule has 1 saturated heterocycles. The van der Waals surface area contributed by atoms with Gasteiger partial charge in [-0.1, -0.05) is 30.3 Å². The molecule has 2 amide bonds. The van der Waals surface area contributed by atoms with Crippen LogP contribution in [0.25, 0.3) is 10.9 Å². The standard InChI is InChI=1S/C23H20N4O4/c1-31-23(30)15-8-6-14(7-9-15)11-24-27-13-21(28)26-12-19-17(10-20(26)22(27)29)16-4-2-3-5-18(16)25-19/h2-9,11,20,25H,10,12-13H2,1H3. The van der Waals surface area contributed by atoms with Gasteiger partial charge in [0, 0.05) is 23.0 Å². The van der Waals surface area contributed by atoms with E-state index in [4.69, 9.17) is 0 Å². The molecule has 1 aromatic heterocycles. The molecule has 156 valence electrons. The summed E-state index contributed by atoms with van der Waals surface area (Å²) in [6, 6.07) is 14.1. The molecule has 1 N–H and O–H groups in total. The van der Waals surface area contributed by atoms with E-state index in [1.807, 2.05) is 24.3 Å².